The molecule has 0 spiro atoms. The van der Waals surface area contributed by atoms with E-state index in [1.807, 2.05) is 24.3 Å². The number of nitrogens with zero attached hydrogens (tertiary/aromatic N) is 1. The number of rotatable bonds is 10. The Hall–Kier alpha value is -1.56. The minimum atomic E-state index is -0.491. The number of likely N-dealkylation sites (tertiary alicyclic amines) is 1. The van der Waals surface area contributed by atoms with Crippen LogP contribution in [0.5, 0.6) is 11.5 Å². The number of ether oxygens (including phenoxy) is 2. The van der Waals surface area contributed by atoms with E-state index in [-0.39, 0.29) is 6.61 Å². The fraction of sp³-hybridized carbons (Fsp3) is 0.619. The van der Waals surface area contributed by atoms with Gasteiger partial charge in [0, 0.05) is 31.3 Å². The molecule has 1 heterocycles. The van der Waals surface area contributed by atoms with E-state index in [1.165, 1.54) is 32.1 Å². The number of nitrogens with one attached hydrogen (secondary N) is 1. The van der Waals surface area contributed by atoms with E-state index >= 15 is 0 Å². The number of β-amino-alcohol motifs (C(OH)–C–C–N with tert-alkyl or cyclic N) is 1. The molecule has 1 atom stereocenters. The third-order valence-corrected chi connectivity index (χ3v) is 4.73. The van der Waals surface area contributed by atoms with Gasteiger partial charge in [0.15, 0.2) is 0 Å². The fourth-order valence-electron chi connectivity index (χ4n) is 3.28. The fourth-order valence-corrected chi connectivity index (χ4v) is 3.28. The lowest BCUT2D eigenvalue weighted by molar-refractivity contribution is 0.0650. The quantitative estimate of drug-likeness (QED) is 0.495. The van der Waals surface area contributed by atoms with Crippen LogP contribution in [0.2, 0.25) is 0 Å². The van der Waals surface area contributed by atoms with Crippen LogP contribution in [0, 0.1) is 0 Å². The van der Waals surface area contributed by atoms with Gasteiger partial charge in [-0.1, -0.05) is 31.4 Å². The Labute approximate surface area is 158 Å². The number of aliphatic hydroxyl groups excluding tert-OH is 1. The molecule has 1 saturated heterocycles. The minimum Gasteiger partial charge on any atom is -0.497 e. The van der Waals surface area contributed by atoms with Gasteiger partial charge in [0.05, 0.1) is 7.11 Å². The van der Waals surface area contributed by atoms with Crippen LogP contribution in [0.1, 0.15) is 37.7 Å². The molecule has 1 aromatic rings. The third kappa shape index (κ3) is 7.36. The minimum absolute atomic E-state index is 0.290. The second-order valence-electron chi connectivity index (χ2n) is 6.93. The molecule has 1 aliphatic rings. The molecule has 2 N–H and O–H groups in total. The maximum absolute atomic E-state index is 10.4. The highest BCUT2D eigenvalue weighted by molar-refractivity contribution is 5.40. The van der Waals surface area contributed by atoms with Gasteiger partial charge in [-0.05, 0) is 32.0 Å². The highest BCUT2D eigenvalue weighted by Gasteiger charge is 2.15. The molecule has 0 amide bonds. The van der Waals surface area contributed by atoms with Crippen LogP contribution in [-0.4, -0.2) is 56.0 Å². The summed E-state index contributed by atoms with van der Waals surface area (Å²) in [5, 5.41) is 13.7. The first-order valence-electron chi connectivity index (χ1n) is 9.74. The molecule has 0 bridgehead atoms. The Morgan fingerprint density at radius 3 is 2.65 bits per heavy atom. The monoisotopic (exact) mass is 362 g/mol. The van der Waals surface area contributed by atoms with Crippen LogP contribution in [0.25, 0.3) is 0 Å². The van der Waals surface area contributed by atoms with Crippen molar-refractivity contribution in [2.24, 2.45) is 0 Å². The zero-order valence-electron chi connectivity index (χ0n) is 16.1. The SMILES string of the molecule is C=CCNCc1ccc(OC)cc1OCC(O)CN1CCCCCCC1. The van der Waals surface area contributed by atoms with Crippen LogP contribution in [-0.2, 0) is 6.54 Å². The van der Waals surface area contributed by atoms with E-state index in [1.54, 1.807) is 7.11 Å². The van der Waals surface area contributed by atoms with E-state index in [4.69, 9.17) is 9.47 Å². The third-order valence-electron chi connectivity index (χ3n) is 4.73. The van der Waals surface area contributed by atoms with Crippen LogP contribution >= 0.6 is 0 Å². The highest BCUT2D eigenvalue weighted by atomic mass is 16.5. The van der Waals surface area contributed by atoms with Crippen molar-refractivity contribution in [3.63, 3.8) is 0 Å². The van der Waals surface area contributed by atoms with Crippen molar-refractivity contribution in [1.82, 2.24) is 10.2 Å². The van der Waals surface area contributed by atoms with Crippen molar-refractivity contribution in [1.29, 1.82) is 0 Å². The molecule has 0 radical (unpaired) electrons. The number of aliphatic hydroxyl groups is 1. The topological polar surface area (TPSA) is 54.0 Å². The second-order valence-corrected chi connectivity index (χ2v) is 6.93. The molecule has 0 aromatic heterocycles. The molecule has 5 nitrogen and oxygen atoms in total. The largest absolute Gasteiger partial charge is 0.497 e. The summed E-state index contributed by atoms with van der Waals surface area (Å²) in [6.45, 7) is 8.26. The molecule has 26 heavy (non-hydrogen) atoms. The van der Waals surface area contributed by atoms with Gasteiger partial charge in [-0.25, -0.2) is 0 Å². The first kappa shape index (κ1) is 20.7. The number of benzene rings is 1. The summed E-state index contributed by atoms with van der Waals surface area (Å²) in [6.07, 6.45) is 7.73. The normalized spacial score (nSPS) is 17.2. The highest BCUT2D eigenvalue weighted by Crippen LogP contribution is 2.25. The van der Waals surface area contributed by atoms with Gasteiger partial charge in [-0.2, -0.15) is 0 Å². The van der Waals surface area contributed by atoms with Crippen molar-refractivity contribution < 1.29 is 14.6 Å². The Kier molecular flexibility index (Phi) is 9.53. The molecule has 1 aromatic carbocycles. The average molecular weight is 363 g/mol. The number of hydrogen-bond acceptors (Lipinski definition) is 5. The Bertz CT molecular complexity index is 528. The standard InChI is InChI=1S/C21H34N2O3/c1-3-11-22-15-18-9-10-20(25-2)14-21(18)26-17-19(24)16-23-12-7-5-4-6-8-13-23/h3,9-10,14,19,22,24H,1,4-8,11-13,15-17H2,2H3. The summed E-state index contributed by atoms with van der Waals surface area (Å²) >= 11 is 0. The van der Waals surface area contributed by atoms with Gasteiger partial charge in [0.2, 0.25) is 0 Å². The van der Waals surface area contributed by atoms with Gasteiger partial charge < -0.3 is 24.8 Å². The summed E-state index contributed by atoms with van der Waals surface area (Å²) < 4.78 is 11.2. The molecule has 1 unspecified atom stereocenters. The zero-order chi connectivity index (χ0) is 18.6. The molecular weight excluding hydrogens is 328 g/mol. The summed E-state index contributed by atoms with van der Waals surface area (Å²) in [4.78, 5) is 2.37. The number of methoxy groups -OCH3 is 1. The molecule has 2 rings (SSSR count). The Morgan fingerprint density at radius 2 is 1.96 bits per heavy atom. The first-order valence-corrected chi connectivity index (χ1v) is 9.74. The molecule has 0 saturated carbocycles. The Morgan fingerprint density at radius 1 is 1.23 bits per heavy atom. The van der Waals surface area contributed by atoms with Crippen molar-refractivity contribution in [2.75, 3.05) is 39.9 Å². The average Bonchev–Trinajstić information content (AvgIpc) is 2.63. The lowest BCUT2D eigenvalue weighted by Crippen LogP contribution is -2.37. The molecule has 1 aliphatic heterocycles. The molecule has 0 aliphatic carbocycles. The van der Waals surface area contributed by atoms with E-state index < -0.39 is 6.10 Å². The van der Waals surface area contributed by atoms with Crippen molar-refractivity contribution >= 4 is 0 Å². The van der Waals surface area contributed by atoms with E-state index in [2.05, 4.69) is 16.8 Å². The second kappa shape index (κ2) is 11.9. The molecular formula is C21H34N2O3. The first-order chi connectivity index (χ1) is 12.7. The molecule has 5 heteroatoms. The maximum Gasteiger partial charge on any atom is 0.127 e. The zero-order valence-corrected chi connectivity index (χ0v) is 16.1. The van der Waals surface area contributed by atoms with Gasteiger partial charge in [0.1, 0.15) is 24.2 Å². The summed E-state index contributed by atoms with van der Waals surface area (Å²) in [7, 11) is 1.64. The van der Waals surface area contributed by atoms with E-state index in [0.717, 1.165) is 36.7 Å². The smallest absolute Gasteiger partial charge is 0.127 e. The summed E-state index contributed by atoms with van der Waals surface area (Å²) in [6, 6.07) is 5.80. The van der Waals surface area contributed by atoms with Gasteiger partial charge in [0.25, 0.3) is 0 Å². The van der Waals surface area contributed by atoms with E-state index in [9.17, 15) is 5.11 Å². The van der Waals surface area contributed by atoms with Gasteiger partial charge in [-0.15, -0.1) is 6.58 Å². The lowest BCUT2D eigenvalue weighted by Gasteiger charge is -2.27. The van der Waals surface area contributed by atoms with Crippen LogP contribution in [0.15, 0.2) is 30.9 Å². The van der Waals surface area contributed by atoms with Gasteiger partial charge >= 0.3 is 0 Å². The molecule has 1 fully saturated rings. The maximum atomic E-state index is 10.4. The predicted molar refractivity (Wildman–Crippen MR) is 106 cm³/mol. The van der Waals surface area contributed by atoms with Crippen molar-refractivity contribution in [3.8, 4) is 11.5 Å². The molecule has 146 valence electrons. The van der Waals surface area contributed by atoms with Crippen LogP contribution in [0.4, 0.5) is 0 Å². The predicted octanol–water partition coefficient (Wildman–Crippen LogP) is 2.98. The summed E-state index contributed by atoms with van der Waals surface area (Å²) in [5.74, 6) is 1.51. The van der Waals surface area contributed by atoms with Gasteiger partial charge in [-0.3, -0.25) is 0 Å². The van der Waals surface area contributed by atoms with Crippen LogP contribution < -0.4 is 14.8 Å². The van der Waals surface area contributed by atoms with Crippen molar-refractivity contribution in [2.45, 2.75) is 44.8 Å². The van der Waals surface area contributed by atoms with Crippen LogP contribution in [0.3, 0.4) is 0 Å². The summed E-state index contributed by atoms with van der Waals surface area (Å²) in [5.41, 5.74) is 1.05. The van der Waals surface area contributed by atoms with Crippen molar-refractivity contribution in [3.05, 3.63) is 36.4 Å². The van der Waals surface area contributed by atoms with E-state index in [0.29, 0.717) is 13.1 Å². The lowest BCUT2D eigenvalue weighted by atomic mass is 10.1. The Balaban J connectivity index is 1.88. The number of hydrogen-bond donors (Lipinski definition) is 2.